The molecule has 0 unspecified atom stereocenters. The van der Waals surface area contributed by atoms with Gasteiger partial charge in [-0.2, -0.15) is 0 Å². The molecule has 9 heavy (non-hydrogen) atoms. The summed E-state index contributed by atoms with van der Waals surface area (Å²) in [6.45, 7) is 1.40. The third-order valence-electron chi connectivity index (χ3n) is 0.970. The van der Waals surface area contributed by atoms with Crippen LogP contribution >= 0.6 is 0 Å². The Morgan fingerprint density at radius 3 is 2.11 bits per heavy atom. The van der Waals surface area contributed by atoms with Crippen LogP contribution in [0.2, 0.25) is 0 Å². The molecule has 0 radical (unpaired) electrons. The highest BCUT2D eigenvalue weighted by Gasteiger charge is 1.98. The first kappa shape index (κ1) is 8.30. The van der Waals surface area contributed by atoms with Gasteiger partial charge < -0.3 is 15.3 Å². The smallest absolute Gasteiger partial charge is 0.155 e. The van der Waals surface area contributed by atoms with Crippen molar-refractivity contribution in [3.63, 3.8) is 0 Å². The summed E-state index contributed by atoms with van der Waals surface area (Å²) < 4.78 is 0. The van der Waals surface area contributed by atoms with Crippen molar-refractivity contribution in [1.82, 2.24) is 0 Å². The zero-order chi connectivity index (χ0) is 7.28. The van der Waals surface area contributed by atoms with E-state index in [0.717, 1.165) is 6.42 Å². The van der Waals surface area contributed by atoms with E-state index >= 15 is 0 Å². The maximum Gasteiger partial charge on any atom is 0.155 e. The van der Waals surface area contributed by atoms with Gasteiger partial charge in [-0.05, 0) is 6.42 Å². The fourth-order valence-electron chi connectivity index (χ4n) is 0.472. The summed E-state index contributed by atoms with van der Waals surface area (Å²) in [4.78, 5) is 0. The van der Waals surface area contributed by atoms with Crippen molar-refractivity contribution in [3.05, 3.63) is 11.5 Å². The molecule has 0 aromatic rings. The Kier molecular flexibility index (Phi) is 3.88. The van der Waals surface area contributed by atoms with Gasteiger partial charge in [0.15, 0.2) is 5.76 Å². The van der Waals surface area contributed by atoms with Gasteiger partial charge in [-0.25, -0.2) is 0 Å². The first-order valence-electron chi connectivity index (χ1n) is 2.93. The van der Waals surface area contributed by atoms with Gasteiger partial charge in [-0.3, -0.25) is 0 Å². The second-order valence-electron chi connectivity index (χ2n) is 1.80. The Balaban J connectivity index is 3.78. The molecule has 54 valence electrons. The Morgan fingerprint density at radius 1 is 1.22 bits per heavy atom. The minimum atomic E-state index is -0.480. The molecule has 0 amide bonds. The van der Waals surface area contributed by atoms with Crippen molar-refractivity contribution >= 4 is 0 Å². The van der Waals surface area contributed by atoms with E-state index in [9.17, 15) is 0 Å². The Hall–Kier alpha value is -0.700. The summed E-state index contributed by atoms with van der Waals surface area (Å²) in [5.41, 5.74) is 0. The molecule has 3 nitrogen and oxygen atoms in total. The lowest BCUT2D eigenvalue weighted by Gasteiger charge is -1.98. The fourth-order valence-corrected chi connectivity index (χ4v) is 0.472. The number of aliphatic hydroxyl groups excluding tert-OH is 3. The van der Waals surface area contributed by atoms with Gasteiger partial charge in [0.25, 0.3) is 0 Å². The molecule has 0 atom stereocenters. The first-order chi connectivity index (χ1) is 4.22. The lowest BCUT2D eigenvalue weighted by Crippen LogP contribution is -1.94. The SMILES string of the molecule is CCC/C(O)=C(/O)CO. The highest BCUT2D eigenvalue weighted by atomic mass is 16.3. The van der Waals surface area contributed by atoms with Crippen LogP contribution in [-0.2, 0) is 0 Å². The lowest BCUT2D eigenvalue weighted by atomic mass is 10.2. The molecular formula is C6H12O3. The highest BCUT2D eigenvalue weighted by molar-refractivity contribution is 4.97. The highest BCUT2D eigenvalue weighted by Crippen LogP contribution is 2.03. The van der Waals surface area contributed by atoms with Crippen LogP contribution in [0.1, 0.15) is 19.8 Å². The monoisotopic (exact) mass is 132 g/mol. The van der Waals surface area contributed by atoms with Crippen LogP contribution in [0, 0.1) is 0 Å². The molecule has 0 heterocycles. The minimum Gasteiger partial charge on any atom is -0.509 e. The van der Waals surface area contributed by atoms with Crippen LogP contribution in [0.25, 0.3) is 0 Å². The molecule has 0 fully saturated rings. The number of allylic oxidation sites excluding steroid dienone is 1. The van der Waals surface area contributed by atoms with Gasteiger partial charge in [0.05, 0.1) is 0 Å². The lowest BCUT2D eigenvalue weighted by molar-refractivity contribution is 0.223. The topological polar surface area (TPSA) is 60.7 Å². The van der Waals surface area contributed by atoms with Gasteiger partial charge in [-0.15, -0.1) is 0 Å². The normalized spacial score (nSPS) is 13.1. The van der Waals surface area contributed by atoms with Crippen LogP contribution in [0.15, 0.2) is 11.5 Å². The Morgan fingerprint density at radius 2 is 1.78 bits per heavy atom. The number of hydrogen-bond acceptors (Lipinski definition) is 3. The second-order valence-corrected chi connectivity index (χ2v) is 1.80. The van der Waals surface area contributed by atoms with E-state index in [-0.39, 0.29) is 11.5 Å². The Labute approximate surface area is 54.3 Å². The maximum absolute atomic E-state index is 8.79. The quantitative estimate of drug-likeness (QED) is 0.504. The number of aliphatic hydroxyl groups is 3. The minimum absolute atomic E-state index is 0.111. The zero-order valence-corrected chi connectivity index (χ0v) is 5.46. The summed E-state index contributed by atoms with van der Waals surface area (Å²) >= 11 is 0. The molecule has 0 saturated carbocycles. The van der Waals surface area contributed by atoms with Gasteiger partial charge in [-0.1, -0.05) is 6.92 Å². The predicted molar refractivity (Wildman–Crippen MR) is 34.3 cm³/mol. The van der Waals surface area contributed by atoms with E-state index < -0.39 is 6.61 Å². The molecule has 3 N–H and O–H groups in total. The van der Waals surface area contributed by atoms with E-state index in [4.69, 9.17) is 15.3 Å². The molecule has 0 saturated heterocycles. The standard InChI is InChI=1S/C6H12O3/c1-2-3-5(8)6(9)4-7/h7-9H,2-4H2,1H3/b6-5-. The van der Waals surface area contributed by atoms with E-state index in [1.165, 1.54) is 0 Å². The van der Waals surface area contributed by atoms with Gasteiger partial charge >= 0.3 is 0 Å². The Bertz CT molecular complexity index is 107. The predicted octanol–water partition coefficient (Wildman–Crippen LogP) is 1.11. The number of hydrogen-bond donors (Lipinski definition) is 3. The molecule has 3 heteroatoms. The molecule has 0 aromatic heterocycles. The van der Waals surface area contributed by atoms with E-state index in [2.05, 4.69) is 0 Å². The molecule has 0 rings (SSSR count). The van der Waals surface area contributed by atoms with Gasteiger partial charge in [0, 0.05) is 6.42 Å². The van der Waals surface area contributed by atoms with E-state index in [0.29, 0.717) is 6.42 Å². The summed E-state index contributed by atoms with van der Waals surface area (Å²) in [5, 5.41) is 25.7. The van der Waals surface area contributed by atoms with Crippen LogP contribution in [0.4, 0.5) is 0 Å². The van der Waals surface area contributed by atoms with Crippen LogP contribution in [0.5, 0.6) is 0 Å². The van der Waals surface area contributed by atoms with Gasteiger partial charge in [0.2, 0.25) is 0 Å². The average Bonchev–Trinajstić information content (AvgIpc) is 1.87. The third kappa shape index (κ3) is 2.98. The summed E-state index contributed by atoms with van der Waals surface area (Å²) in [6.07, 6.45) is 1.18. The average molecular weight is 132 g/mol. The fraction of sp³-hybridized carbons (Fsp3) is 0.667. The summed E-state index contributed by atoms with van der Waals surface area (Å²) in [7, 11) is 0. The number of rotatable bonds is 3. The summed E-state index contributed by atoms with van der Waals surface area (Å²) in [5.74, 6) is -0.433. The van der Waals surface area contributed by atoms with Crippen molar-refractivity contribution in [1.29, 1.82) is 0 Å². The molecule has 0 spiro atoms. The molecule has 0 aliphatic carbocycles. The molecular weight excluding hydrogens is 120 g/mol. The van der Waals surface area contributed by atoms with E-state index in [1.807, 2.05) is 6.92 Å². The van der Waals surface area contributed by atoms with Crippen molar-refractivity contribution in [2.75, 3.05) is 6.61 Å². The van der Waals surface area contributed by atoms with Crippen LogP contribution in [0.3, 0.4) is 0 Å². The molecule has 0 aromatic carbocycles. The molecule has 0 aliphatic heterocycles. The largest absolute Gasteiger partial charge is 0.509 e. The van der Waals surface area contributed by atoms with Gasteiger partial charge in [0.1, 0.15) is 12.4 Å². The van der Waals surface area contributed by atoms with E-state index in [1.54, 1.807) is 0 Å². The second kappa shape index (κ2) is 4.21. The zero-order valence-electron chi connectivity index (χ0n) is 5.46. The first-order valence-corrected chi connectivity index (χ1v) is 2.93. The van der Waals surface area contributed by atoms with Crippen molar-refractivity contribution in [2.45, 2.75) is 19.8 Å². The van der Waals surface area contributed by atoms with Crippen LogP contribution in [-0.4, -0.2) is 21.9 Å². The molecule has 0 aliphatic rings. The maximum atomic E-state index is 8.79. The van der Waals surface area contributed by atoms with Crippen LogP contribution < -0.4 is 0 Å². The van der Waals surface area contributed by atoms with Crippen molar-refractivity contribution in [3.8, 4) is 0 Å². The summed E-state index contributed by atoms with van der Waals surface area (Å²) in [6, 6.07) is 0. The van der Waals surface area contributed by atoms with Crippen molar-refractivity contribution in [2.24, 2.45) is 0 Å². The van der Waals surface area contributed by atoms with Crippen molar-refractivity contribution < 1.29 is 15.3 Å². The molecule has 0 bridgehead atoms. The third-order valence-corrected chi connectivity index (χ3v) is 0.970.